The van der Waals surface area contributed by atoms with Gasteiger partial charge in [-0.3, -0.25) is 0 Å². The molecule has 0 atom stereocenters. The van der Waals surface area contributed by atoms with Gasteiger partial charge in [0.2, 0.25) is 0 Å². The summed E-state index contributed by atoms with van der Waals surface area (Å²) in [5.74, 6) is -2.53. The molecule has 178 valence electrons. The van der Waals surface area contributed by atoms with E-state index in [0.717, 1.165) is 24.3 Å². The predicted octanol–water partition coefficient (Wildman–Crippen LogP) is 5.13. The molecule has 1 heterocycles. The minimum absolute atomic E-state index is 0.00779. The first-order valence-electron chi connectivity index (χ1n) is 9.36. The zero-order valence-electron chi connectivity index (χ0n) is 18.0. The molecule has 33 heavy (non-hydrogen) atoms. The van der Waals surface area contributed by atoms with Crippen LogP contribution in [-0.2, 0) is 24.4 Å². The summed E-state index contributed by atoms with van der Waals surface area (Å²) < 4.78 is 57.4. The molecule has 0 saturated carbocycles. The van der Waals surface area contributed by atoms with E-state index in [1.54, 1.807) is 18.9 Å². The Labute approximate surface area is 195 Å². The molecule has 1 aromatic heterocycles. The monoisotopic (exact) mass is 579 g/mol. The van der Waals surface area contributed by atoms with Crippen molar-refractivity contribution in [1.82, 2.24) is 13.3 Å². The van der Waals surface area contributed by atoms with Crippen LogP contribution in [0.5, 0.6) is 0 Å². The SMILES string of the molecule is C=C(F)/C(=C\C=C\C(=O)O)I(C)NC(=O)c1c(Cc2cccc(C(F)(F)F)c2)nn(C)c1C. The van der Waals surface area contributed by atoms with Crippen LogP contribution in [0.1, 0.15) is 32.9 Å². The molecule has 0 unspecified atom stereocenters. The van der Waals surface area contributed by atoms with E-state index in [9.17, 15) is 27.2 Å². The third-order valence-electron chi connectivity index (χ3n) is 4.53. The van der Waals surface area contributed by atoms with Crippen molar-refractivity contribution in [3.63, 3.8) is 0 Å². The number of alkyl halides is 4. The van der Waals surface area contributed by atoms with E-state index in [1.807, 2.05) is 0 Å². The number of carbonyl (C=O) groups excluding carboxylic acids is 1. The number of hydrogen-bond acceptors (Lipinski definition) is 3. The molecule has 1 aromatic carbocycles. The topological polar surface area (TPSA) is 84.2 Å². The van der Waals surface area contributed by atoms with Gasteiger partial charge in [0.15, 0.2) is 0 Å². The van der Waals surface area contributed by atoms with Gasteiger partial charge in [0, 0.05) is 0 Å². The summed E-state index contributed by atoms with van der Waals surface area (Å²) in [6.07, 6.45) is -1.28. The second-order valence-corrected chi connectivity index (χ2v) is 11.3. The molecule has 0 aliphatic rings. The summed E-state index contributed by atoms with van der Waals surface area (Å²) in [5.41, 5.74) is 0.510. The van der Waals surface area contributed by atoms with Gasteiger partial charge in [-0.25, -0.2) is 0 Å². The van der Waals surface area contributed by atoms with Gasteiger partial charge in [-0.05, 0) is 0 Å². The normalized spacial score (nSPS) is 12.7. The van der Waals surface area contributed by atoms with E-state index in [4.69, 9.17) is 5.11 Å². The molecule has 0 bridgehead atoms. The number of hydrogen-bond donors (Lipinski definition) is 2. The molecule has 0 spiro atoms. The first-order chi connectivity index (χ1) is 15.3. The van der Waals surface area contributed by atoms with Crippen LogP contribution in [-0.4, -0.2) is 31.7 Å². The van der Waals surface area contributed by atoms with Crippen LogP contribution in [0.2, 0.25) is 0 Å². The number of halogens is 5. The molecule has 1 amide bonds. The Bertz CT molecular complexity index is 1140. The second-order valence-electron chi connectivity index (χ2n) is 6.92. The van der Waals surface area contributed by atoms with Crippen LogP contribution in [0.3, 0.4) is 0 Å². The summed E-state index contributed by atoms with van der Waals surface area (Å²) in [7, 11) is 1.61. The fraction of sp³-hybridized carbons (Fsp3) is 0.227. The number of aliphatic carboxylic acids is 1. The molecule has 0 fully saturated rings. The third kappa shape index (κ3) is 7.01. The average molecular weight is 579 g/mol. The first-order valence-corrected chi connectivity index (χ1v) is 13.7. The maximum atomic E-state index is 13.9. The number of allylic oxidation sites excluding steroid dienone is 4. The van der Waals surface area contributed by atoms with Gasteiger partial charge in [-0.1, -0.05) is 0 Å². The van der Waals surface area contributed by atoms with Crippen molar-refractivity contribution in [2.75, 3.05) is 4.93 Å². The molecule has 11 heteroatoms. The minimum atomic E-state index is -4.50. The zero-order chi connectivity index (χ0) is 24.9. The van der Waals surface area contributed by atoms with Crippen molar-refractivity contribution < 1.29 is 32.3 Å². The van der Waals surface area contributed by atoms with Gasteiger partial charge >= 0.3 is 196 Å². The summed E-state index contributed by atoms with van der Waals surface area (Å²) >= 11 is -2.66. The number of rotatable bonds is 8. The zero-order valence-corrected chi connectivity index (χ0v) is 20.2. The van der Waals surface area contributed by atoms with Crippen molar-refractivity contribution >= 4 is 32.0 Å². The molecule has 0 aliphatic heterocycles. The van der Waals surface area contributed by atoms with Crippen molar-refractivity contribution in [2.24, 2.45) is 7.05 Å². The number of nitrogens with one attached hydrogen (secondary N) is 1. The van der Waals surface area contributed by atoms with Crippen molar-refractivity contribution in [2.45, 2.75) is 19.5 Å². The molecule has 0 saturated heterocycles. The fourth-order valence-electron chi connectivity index (χ4n) is 2.93. The average Bonchev–Trinajstić information content (AvgIpc) is 2.97. The van der Waals surface area contributed by atoms with Gasteiger partial charge in [0.1, 0.15) is 0 Å². The Morgan fingerprint density at radius 3 is 2.58 bits per heavy atom. The van der Waals surface area contributed by atoms with E-state index >= 15 is 0 Å². The fourth-order valence-corrected chi connectivity index (χ4v) is 5.85. The number of carboxylic acid groups (broad SMARTS) is 1. The van der Waals surface area contributed by atoms with E-state index < -0.39 is 49.5 Å². The second kappa shape index (κ2) is 10.8. The van der Waals surface area contributed by atoms with E-state index in [-0.39, 0.29) is 21.3 Å². The number of carbonyl (C=O) groups is 2. The van der Waals surface area contributed by atoms with Crippen molar-refractivity contribution in [3.8, 4) is 0 Å². The van der Waals surface area contributed by atoms with Crippen LogP contribution in [0.25, 0.3) is 0 Å². The third-order valence-corrected chi connectivity index (χ3v) is 8.52. The van der Waals surface area contributed by atoms with Crippen molar-refractivity contribution in [1.29, 1.82) is 0 Å². The molecule has 2 rings (SSSR count). The Hall–Kier alpha value is -2.96. The summed E-state index contributed by atoms with van der Waals surface area (Å²) in [6.45, 7) is 4.89. The maximum absolute atomic E-state index is 13.9. The van der Waals surface area contributed by atoms with Crippen LogP contribution >= 0.6 is 20.1 Å². The van der Waals surface area contributed by atoms with Gasteiger partial charge in [0.25, 0.3) is 0 Å². The summed E-state index contributed by atoms with van der Waals surface area (Å²) in [6, 6.07) is 4.78. The van der Waals surface area contributed by atoms with E-state index in [0.29, 0.717) is 11.3 Å². The molecular weight excluding hydrogens is 557 g/mol. The first kappa shape index (κ1) is 26.3. The van der Waals surface area contributed by atoms with E-state index in [1.165, 1.54) is 22.9 Å². The summed E-state index contributed by atoms with van der Waals surface area (Å²) in [4.78, 5) is 25.3. The van der Waals surface area contributed by atoms with Crippen molar-refractivity contribution in [3.05, 3.63) is 86.6 Å². The number of nitrogens with zero attached hydrogens (tertiary/aromatic N) is 2. The molecule has 0 radical (unpaired) electrons. The number of amides is 1. The van der Waals surface area contributed by atoms with E-state index in [2.05, 4.69) is 15.2 Å². The quantitative estimate of drug-likeness (QED) is 0.114. The number of carboxylic acids is 1. The van der Waals surface area contributed by atoms with Crippen LogP contribution in [0.4, 0.5) is 17.6 Å². The summed E-state index contributed by atoms with van der Waals surface area (Å²) in [5, 5.41) is 13.0. The van der Waals surface area contributed by atoms with Crippen LogP contribution < -0.4 is 3.53 Å². The molecule has 2 N–H and O–H groups in total. The van der Waals surface area contributed by atoms with Crippen LogP contribution in [0.15, 0.2) is 58.5 Å². The Morgan fingerprint density at radius 2 is 2.00 bits per heavy atom. The van der Waals surface area contributed by atoms with Gasteiger partial charge in [0.05, 0.1) is 0 Å². The van der Waals surface area contributed by atoms with Gasteiger partial charge in [-0.15, -0.1) is 0 Å². The number of aryl methyl sites for hydroxylation is 1. The Morgan fingerprint density at radius 1 is 1.33 bits per heavy atom. The standard InChI is InChI=1S/C22H22F4IN3O3/c1-13(23)17(9-6-10-19(31)32)27(3)28-21(33)20-14(2)30(4)29-18(20)12-15-7-5-8-16(11-15)22(24,25)26/h5-11H,1,12H2,2-4H3,(H,28,33)(H,31,32)/b10-6+,17-9+. The number of benzene rings is 1. The Balaban J connectivity index is 2.33. The molecule has 0 aliphatic carbocycles. The molecule has 2 aromatic rings. The predicted molar refractivity (Wildman–Crippen MR) is 125 cm³/mol. The molecule has 6 nitrogen and oxygen atoms in total. The Kier molecular flexibility index (Phi) is 8.58. The van der Waals surface area contributed by atoms with Gasteiger partial charge < -0.3 is 0 Å². The van der Waals surface area contributed by atoms with Gasteiger partial charge in [-0.2, -0.15) is 0 Å². The van der Waals surface area contributed by atoms with Crippen LogP contribution in [0, 0.1) is 6.92 Å². The number of aromatic nitrogens is 2. The molecular formula is C22H22F4IN3O3.